The van der Waals surface area contributed by atoms with Crippen LogP contribution < -0.4 is 5.32 Å². The molecule has 0 bridgehead atoms. The van der Waals surface area contributed by atoms with Gasteiger partial charge in [-0.25, -0.2) is 9.97 Å². The van der Waals surface area contributed by atoms with E-state index in [1.54, 1.807) is 0 Å². The van der Waals surface area contributed by atoms with Crippen molar-refractivity contribution in [1.82, 2.24) is 15.3 Å². The van der Waals surface area contributed by atoms with E-state index in [1.165, 1.54) is 42.6 Å². The number of aryl methyl sites for hydroxylation is 2. The molecule has 1 heterocycles. The molecule has 0 spiro atoms. The zero-order chi connectivity index (χ0) is 13.6. The van der Waals surface area contributed by atoms with Crippen LogP contribution in [0.5, 0.6) is 0 Å². The lowest BCUT2D eigenvalue weighted by Gasteiger charge is -2.19. The smallest absolute Gasteiger partial charge is 0.134 e. The maximum absolute atomic E-state index is 4.79. The molecule has 1 N–H and O–H groups in total. The van der Waals surface area contributed by atoms with Crippen molar-refractivity contribution in [2.45, 2.75) is 70.8 Å². The standard InChI is InChI=1S/C16H25N3/c1-10(9-17-13-5-6-13)14-11(2)18-15(19-12(14)3)16(4)7-8-16/h10,13,17H,5-9H2,1-4H3. The zero-order valence-electron chi connectivity index (χ0n) is 12.6. The van der Waals surface area contributed by atoms with Crippen molar-refractivity contribution >= 4 is 0 Å². The highest BCUT2D eigenvalue weighted by Crippen LogP contribution is 2.46. The maximum atomic E-state index is 4.79. The highest BCUT2D eigenvalue weighted by Gasteiger charge is 2.42. The van der Waals surface area contributed by atoms with Gasteiger partial charge >= 0.3 is 0 Å². The number of rotatable bonds is 5. The number of hydrogen-bond acceptors (Lipinski definition) is 3. The zero-order valence-corrected chi connectivity index (χ0v) is 12.6. The molecule has 19 heavy (non-hydrogen) atoms. The van der Waals surface area contributed by atoms with Gasteiger partial charge in [-0.05, 0) is 51.0 Å². The van der Waals surface area contributed by atoms with E-state index in [-0.39, 0.29) is 5.41 Å². The molecule has 1 aromatic rings. The lowest BCUT2D eigenvalue weighted by Crippen LogP contribution is -2.24. The number of hydrogen-bond donors (Lipinski definition) is 1. The summed E-state index contributed by atoms with van der Waals surface area (Å²) in [6, 6.07) is 0.772. The van der Waals surface area contributed by atoms with Crippen LogP contribution in [0.3, 0.4) is 0 Å². The molecule has 0 aliphatic heterocycles. The van der Waals surface area contributed by atoms with E-state index >= 15 is 0 Å². The Balaban J connectivity index is 1.79. The Hall–Kier alpha value is -0.960. The number of nitrogens with zero attached hydrogens (tertiary/aromatic N) is 2. The van der Waals surface area contributed by atoms with Gasteiger partial charge in [0.15, 0.2) is 0 Å². The molecule has 3 rings (SSSR count). The minimum atomic E-state index is 0.267. The molecule has 1 atom stereocenters. The average Bonchev–Trinajstić information content (AvgIpc) is 3.22. The third-order valence-corrected chi connectivity index (χ3v) is 4.65. The van der Waals surface area contributed by atoms with E-state index in [0.29, 0.717) is 5.92 Å². The maximum Gasteiger partial charge on any atom is 0.134 e. The van der Waals surface area contributed by atoms with Crippen molar-refractivity contribution in [2.75, 3.05) is 6.54 Å². The fraction of sp³-hybridized carbons (Fsp3) is 0.750. The molecule has 3 nitrogen and oxygen atoms in total. The first-order valence-electron chi connectivity index (χ1n) is 7.58. The van der Waals surface area contributed by atoms with Crippen LogP contribution in [-0.2, 0) is 5.41 Å². The molecule has 3 heteroatoms. The Bertz CT molecular complexity index is 464. The van der Waals surface area contributed by atoms with Gasteiger partial charge in [0, 0.05) is 29.4 Å². The summed E-state index contributed by atoms with van der Waals surface area (Å²) < 4.78 is 0. The molecular formula is C16H25N3. The quantitative estimate of drug-likeness (QED) is 0.883. The molecule has 2 aliphatic rings. The largest absolute Gasteiger partial charge is 0.313 e. The molecule has 0 aromatic carbocycles. The fourth-order valence-corrected chi connectivity index (χ4v) is 2.85. The van der Waals surface area contributed by atoms with E-state index < -0.39 is 0 Å². The molecule has 0 amide bonds. The first kappa shape index (κ1) is 13.0. The van der Waals surface area contributed by atoms with Crippen LogP contribution in [0.25, 0.3) is 0 Å². The van der Waals surface area contributed by atoms with Crippen LogP contribution in [0.4, 0.5) is 0 Å². The van der Waals surface area contributed by atoms with Gasteiger partial charge in [0.05, 0.1) is 0 Å². The van der Waals surface area contributed by atoms with Crippen molar-refractivity contribution in [2.24, 2.45) is 0 Å². The molecule has 2 aliphatic carbocycles. The Morgan fingerprint density at radius 2 is 1.79 bits per heavy atom. The van der Waals surface area contributed by atoms with Crippen molar-refractivity contribution in [1.29, 1.82) is 0 Å². The normalized spacial score (nSPS) is 22.3. The fourth-order valence-electron chi connectivity index (χ4n) is 2.85. The molecule has 2 fully saturated rings. The van der Waals surface area contributed by atoms with E-state index in [2.05, 4.69) is 33.0 Å². The number of nitrogens with one attached hydrogen (secondary N) is 1. The third kappa shape index (κ3) is 2.66. The van der Waals surface area contributed by atoms with Crippen molar-refractivity contribution in [3.63, 3.8) is 0 Å². The second-order valence-electron chi connectivity index (χ2n) is 6.78. The van der Waals surface area contributed by atoms with Crippen molar-refractivity contribution < 1.29 is 0 Å². The Morgan fingerprint density at radius 3 is 2.26 bits per heavy atom. The summed E-state index contributed by atoms with van der Waals surface area (Å²) in [6.45, 7) is 9.90. The second-order valence-corrected chi connectivity index (χ2v) is 6.78. The summed E-state index contributed by atoms with van der Waals surface area (Å²) in [4.78, 5) is 9.59. The van der Waals surface area contributed by atoms with Gasteiger partial charge in [0.25, 0.3) is 0 Å². The van der Waals surface area contributed by atoms with Gasteiger partial charge in [0.1, 0.15) is 5.82 Å². The Morgan fingerprint density at radius 1 is 1.21 bits per heavy atom. The molecule has 0 radical (unpaired) electrons. The average molecular weight is 259 g/mol. The molecular weight excluding hydrogens is 234 g/mol. The minimum Gasteiger partial charge on any atom is -0.313 e. The lowest BCUT2D eigenvalue weighted by atomic mass is 9.97. The van der Waals surface area contributed by atoms with E-state index in [1.807, 2.05) is 0 Å². The van der Waals surface area contributed by atoms with Gasteiger partial charge in [-0.1, -0.05) is 13.8 Å². The van der Waals surface area contributed by atoms with E-state index in [0.717, 1.165) is 18.4 Å². The van der Waals surface area contributed by atoms with Crippen molar-refractivity contribution in [3.05, 3.63) is 22.8 Å². The monoisotopic (exact) mass is 259 g/mol. The highest BCUT2D eigenvalue weighted by atomic mass is 15.0. The highest BCUT2D eigenvalue weighted by molar-refractivity contribution is 5.31. The lowest BCUT2D eigenvalue weighted by molar-refractivity contribution is 0.597. The first-order chi connectivity index (χ1) is 8.99. The summed E-state index contributed by atoms with van der Waals surface area (Å²) in [5, 5.41) is 3.61. The van der Waals surface area contributed by atoms with Gasteiger partial charge in [-0.3, -0.25) is 0 Å². The molecule has 104 valence electrons. The van der Waals surface area contributed by atoms with Crippen LogP contribution in [-0.4, -0.2) is 22.6 Å². The third-order valence-electron chi connectivity index (χ3n) is 4.65. The second kappa shape index (κ2) is 4.55. The molecule has 0 saturated heterocycles. The topological polar surface area (TPSA) is 37.8 Å². The molecule has 1 unspecified atom stereocenters. The first-order valence-corrected chi connectivity index (χ1v) is 7.58. The predicted octanol–water partition coefficient (Wildman–Crippen LogP) is 3.00. The summed E-state index contributed by atoms with van der Waals surface area (Å²) in [6.07, 6.45) is 5.17. The van der Waals surface area contributed by atoms with Gasteiger partial charge in [-0.2, -0.15) is 0 Å². The van der Waals surface area contributed by atoms with Crippen LogP contribution in [0.2, 0.25) is 0 Å². The van der Waals surface area contributed by atoms with E-state index in [4.69, 9.17) is 9.97 Å². The summed E-state index contributed by atoms with van der Waals surface area (Å²) in [7, 11) is 0. The summed E-state index contributed by atoms with van der Waals surface area (Å²) >= 11 is 0. The predicted molar refractivity (Wildman–Crippen MR) is 77.5 cm³/mol. The number of aromatic nitrogens is 2. The van der Waals surface area contributed by atoms with Gasteiger partial charge < -0.3 is 5.32 Å². The van der Waals surface area contributed by atoms with E-state index in [9.17, 15) is 0 Å². The molecule has 1 aromatic heterocycles. The van der Waals surface area contributed by atoms with Crippen LogP contribution >= 0.6 is 0 Å². The Labute approximate surface area is 116 Å². The summed E-state index contributed by atoms with van der Waals surface area (Å²) in [5.41, 5.74) is 3.98. The summed E-state index contributed by atoms with van der Waals surface area (Å²) in [5.74, 6) is 1.57. The van der Waals surface area contributed by atoms with Gasteiger partial charge in [0.2, 0.25) is 0 Å². The van der Waals surface area contributed by atoms with Gasteiger partial charge in [-0.15, -0.1) is 0 Å². The van der Waals surface area contributed by atoms with Crippen LogP contribution in [0.15, 0.2) is 0 Å². The SMILES string of the molecule is Cc1nc(C2(C)CC2)nc(C)c1C(C)CNC1CC1. The minimum absolute atomic E-state index is 0.267. The Kier molecular flexibility index (Phi) is 3.12. The molecule has 2 saturated carbocycles. The van der Waals surface area contributed by atoms with Crippen LogP contribution in [0.1, 0.15) is 68.2 Å². The van der Waals surface area contributed by atoms with Crippen molar-refractivity contribution in [3.8, 4) is 0 Å². The van der Waals surface area contributed by atoms with Crippen LogP contribution in [0, 0.1) is 13.8 Å².